The van der Waals surface area contributed by atoms with Crippen LogP contribution in [0.5, 0.6) is 5.75 Å². The second-order valence-corrected chi connectivity index (χ2v) is 8.10. The molecule has 2 amide bonds. The van der Waals surface area contributed by atoms with Gasteiger partial charge in [-0.2, -0.15) is 0 Å². The Kier molecular flexibility index (Phi) is 7.51. The number of hydrogen-bond donors (Lipinski definition) is 1. The van der Waals surface area contributed by atoms with Gasteiger partial charge in [0.05, 0.1) is 5.60 Å². The molecule has 31 heavy (non-hydrogen) atoms. The van der Waals surface area contributed by atoms with Gasteiger partial charge in [-0.3, -0.25) is 4.90 Å². The highest BCUT2D eigenvalue weighted by atomic mass is 19.1. The lowest BCUT2D eigenvalue weighted by atomic mass is 9.86. The Labute approximate surface area is 183 Å². The van der Waals surface area contributed by atoms with E-state index in [1.165, 1.54) is 12.1 Å². The predicted molar refractivity (Wildman–Crippen MR) is 118 cm³/mol. The fourth-order valence-corrected chi connectivity index (χ4v) is 3.66. The van der Waals surface area contributed by atoms with Crippen molar-refractivity contribution in [2.45, 2.75) is 44.9 Å². The van der Waals surface area contributed by atoms with E-state index in [0.29, 0.717) is 31.8 Å². The van der Waals surface area contributed by atoms with E-state index in [1.54, 1.807) is 19.1 Å². The lowest BCUT2D eigenvalue weighted by Gasteiger charge is -2.36. The first kappa shape index (κ1) is 23.0. The van der Waals surface area contributed by atoms with E-state index in [9.17, 15) is 9.18 Å². The normalized spacial score (nSPS) is 15.5. The first-order valence-corrected chi connectivity index (χ1v) is 10.5. The maximum absolute atomic E-state index is 14.3. The van der Waals surface area contributed by atoms with Crippen LogP contribution in [0.3, 0.4) is 0 Å². The van der Waals surface area contributed by atoms with Crippen molar-refractivity contribution < 1.29 is 23.4 Å². The van der Waals surface area contributed by atoms with Gasteiger partial charge in [0.2, 0.25) is 0 Å². The number of nitrogens with one attached hydrogen (secondary N) is 1. The number of nitrogens with zero attached hydrogens (tertiary/aromatic N) is 1. The second kappa shape index (κ2) is 10.1. The number of carbonyl (C=O) groups is 1. The Morgan fingerprint density at radius 3 is 2.48 bits per heavy atom. The number of methoxy groups -OCH3 is 1. The fraction of sp³-hybridized carbons (Fsp3) is 0.458. The predicted octanol–water partition coefficient (Wildman–Crippen LogP) is 4.61. The maximum atomic E-state index is 14.3. The number of amides is 2. The lowest BCUT2D eigenvalue weighted by Crippen LogP contribution is -2.40. The van der Waals surface area contributed by atoms with Gasteiger partial charge < -0.3 is 19.5 Å². The molecule has 1 fully saturated rings. The molecule has 1 heterocycles. The molecule has 0 spiro atoms. The van der Waals surface area contributed by atoms with Crippen molar-refractivity contribution in [3.05, 3.63) is 59.4 Å². The highest BCUT2D eigenvalue weighted by Crippen LogP contribution is 2.37. The van der Waals surface area contributed by atoms with Gasteiger partial charge in [-0.1, -0.05) is 12.1 Å². The van der Waals surface area contributed by atoms with Gasteiger partial charge in [-0.25, -0.2) is 9.18 Å². The average Bonchev–Trinajstić information content (AvgIpc) is 2.77. The Balaban J connectivity index is 1.67. The Morgan fingerprint density at radius 2 is 1.87 bits per heavy atom. The Bertz CT molecular complexity index is 880. The number of anilines is 1. The van der Waals surface area contributed by atoms with E-state index < -0.39 is 5.60 Å². The number of urea groups is 1. The van der Waals surface area contributed by atoms with E-state index in [-0.39, 0.29) is 24.5 Å². The zero-order valence-corrected chi connectivity index (χ0v) is 18.6. The van der Waals surface area contributed by atoms with Gasteiger partial charge in [-0.05, 0) is 49.2 Å². The molecule has 0 bridgehead atoms. The quantitative estimate of drug-likeness (QED) is 0.697. The van der Waals surface area contributed by atoms with E-state index >= 15 is 0 Å². The largest absolute Gasteiger partial charge is 0.489 e. The highest BCUT2D eigenvalue weighted by Gasteiger charge is 2.35. The summed E-state index contributed by atoms with van der Waals surface area (Å²) in [5.41, 5.74) is 1.90. The summed E-state index contributed by atoms with van der Waals surface area (Å²) in [5.74, 6) is 0.0963. The summed E-state index contributed by atoms with van der Waals surface area (Å²) in [4.78, 5) is 13.7. The van der Waals surface area contributed by atoms with Crippen LogP contribution in [0.25, 0.3) is 0 Å². The molecule has 0 radical (unpaired) electrons. The first-order valence-electron chi connectivity index (χ1n) is 10.5. The number of hydrogen-bond acceptors (Lipinski definition) is 4. The molecular weight excluding hydrogens is 399 g/mol. The molecule has 2 aromatic rings. The summed E-state index contributed by atoms with van der Waals surface area (Å²) in [6, 6.07) is 12.1. The third kappa shape index (κ3) is 5.74. The number of ether oxygens (including phenoxy) is 3. The van der Waals surface area contributed by atoms with E-state index in [4.69, 9.17) is 14.2 Å². The number of halogens is 1. The van der Waals surface area contributed by atoms with Crippen LogP contribution in [0.1, 0.15) is 37.8 Å². The van der Waals surface area contributed by atoms with Crippen LogP contribution in [0, 0.1) is 5.82 Å². The number of benzene rings is 2. The summed E-state index contributed by atoms with van der Waals surface area (Å²) in [7, 11) is 3.37. The number of rotatable bonds is 7. The van der Waals surface area contributed by atoms with Crippen LogP contribution < -0.4 is 15.0 Å². The molecule has 1 N–H and O–H groups in total. The summed E-state index contributed by atoms with van der Waals surface area (Å²) in [6.45, 7) is 5.28. The molecule has 0 unspecified atom stereocenters. The van der Waals surface area contributed by atoms with Crippen molar-refractivity contribution in [1.82, 2.24) is 5.32 Å². The average molecular weight is 431 g/mol. The molecule has 0 aromatic heterocycles. The van der Waals surface area contributed by atoms with Gasteiger partial charge >= 0.3 is 6.03 Å². The van der Waals surface area contributed by atoms with Crippen molar-refractivity contribution in [2.75, 3.05) is 32.3 Å². The molecule has 7 heteroatoms. The summed E-state index contributed by atoms with van der Waals surface area (Å²) >= 11 is 0. The third-order valence-electron chi connectivity index (χ3n) is 5.53. The molecule has 6 nitrogen and oxygen atoms in total. The smallest absolute Gasteiger partial charge is 0.321 e. The zero-order valence-electron chi connectivity index (χ0n) is 18.6. The van der Waals surface area contributed by atoms with Gasteiger partial charge in [0.1, 0.15) is 18.2 Å². The minimum absolute atomic E-state index is 0.0668. The molecule has 1 saturated heterocycles. The van der Waals surface area contributed by atoms with Gasteiger partial charge in [0.25, 0.3) is 0 Å². The van der Waals surface area contributed by atoms with E-state index in [1.807, 2.05) is 44.2 Å². The molecule has 0 atom stereocenters. The Hall–Kier alpha value is -2.64. The van der Waals surface area contributed by atoms with Crippen molar-refractivity contribution in [2.24, 2.45) is 0 Å². The minimum atomic E-state index is -0.554. The number of carbonyl (C=O) groups excluding carboxylic acids is 1. The van der Waals surface area contributed by atoms with Gasteiger partial charge in [-0.15, -0.1) is 0 Å². The standard InChI is InChI=1S/C24H31FN2O4/c1-17(2)26-23(28)27(3)21-7-5-18(6-8-21)16-31-22-14-19(13-20(25)15-22)24(29-4)9-11-30-12-10-24/h5-8,13-15,17H,9-12,16H2,1-4H3,(H,26,28). The minimum Gasteiger partial charge on any atom is -0.489 e. The zero-order chi connectivity index (χ0) is 22.4. The third-order valence-corrected chi connectivity index (χ3v) is 5.53. The molecule has 3 rings (SSSR count). The SMILES string of the molecule is COC1(c2cc(F)cc(OCc3ccc(N(C)C(=O)NC(C)C)cc3)c2)CCOCC1. The van der Waals surface area contributed by atoms with Crippen LogP contribution in [0.4, 0.5) is 14.9 Å². The van der Waals surface area contributed by atoms with Crippen LogP contribution >= 0.6 is 0 Å². The van der Waals surface area contributed by atoms with Crippen molar-refractivity contribution in [3.63, 3.8) is 0 Å². The van der Waals surface area contributed by atoms with Crippen LogP contribution in [0.15, 0.2) is 42.5 Å². The van der Waals surface area contributed by atoms with E-state index in [2.05, 4.69) is 5.32 Å². The van der Waals surface area contributed by atoms with E-state index in [0.717, 1.165) is 16.8 Å². The molecule has 0 aliphatic carbocycles. The first-order chi connectivity index (χ1) is 14.8. The highest BCUT2D eigenvalue weighted by molar-refractivity contribution is 5.91. The van der Waals surface area contributed by atoms with Gasteiger partial charge in [0.15, 0.2) is 0 Å². The van der Waals surface area contributed by atoms with Crippen molar-refractivity contribution >= 4 is 11.7 Å². The van der Waals surface area contributed by atoms with Crippen LogP contribution in [0.2, 0.25) is 0 Å². The molecule has 168 valence electrons. The van der Waals surface area contributed by atoms with Crippen LogP contribution in [-0.4, -0.2) is 39.4 Å². The Morgan fingerprint density at radius 1 is 1.19 bits per heavy atom. The summed E-state index contributed by atoms with van der Waals surface area (Å²) in [6.07, 6.45) is 1.34. The molecule has 0 saturated carbocycles. The topological polar surface area (TPSA) is 60.0 Å². The van der Waals surface area contributed by atoms with Crippen molar-refractivity contribution in [3.8, 4) is 5.75 Å². The summed E-state index contributed by atoms with van der Waals surface area (Å²) in [5, 5.41) is 2.86. The molecular formula is C24H31FN2O4. The van der Waals surface area contributed by atoms with Crippen LogP contribution in [-0.2, 0) is 21.7 Å². The maximum Gasteiger partial charge on any atom is 0.321 e. The van der Waals surface area contributed by atoms with Crippen molar-refractivity contribution in [1.29, 1.82) is 0 Å². The molecule has 1 aliphatic rings. The molecule has 2 aromatic carbocycles. The fourth-order valence-electron chi connectivity index (χ4n) is 3.66. The summed E-state index contributed by atoms with van der Waals surface area (Å²) < 4.78 is 31.4. The lowest BCUT2D eigenvalue weighted by molar-refractivity contribution is -0.0950. The molecule has 1 aliphatic heterocycles. The van der Waals surface area contributed by atoms with Gasteiger partial charge in [0, 0.05) is 58.0 Å². The monoisotopic (exact) mass is 430 g/mol. The second-order valence-electron chi connectivity index (χ2n) is 8.10.